The molecule has 0 radical (unpaired) electrons. The maximum Gasteiger partial charge on any atom is 0.0910 e. The van der Waals surface area contributed by atoms with Crippen LogP contribution in [0, 0.1) is 13.8 Å². The zero-order valence-corrected chi connectivity index (χ0v) is 23.0. The monoisotopic (exact) mass is 478 g/mol. The van der Waals surface area contributed by atoms with Gasteiger partial charge in [-0.2, -0.15) is 0 Å². The van der Waals surface area contributed by atoms with Crippen molar-refractivity contribution in [2.24, 2.45) is 0 Å². The minimum atomic E-state index is 0.957. The summed E-state index contributed by atoms with van der Waals surface area (Å²) in [5.74, 6) is 0. The Morgan fingerprint density at radius 2 is 0.944 bits per heavy atom. The molecule has 5 rings (SSSR count). The summed E-state index contributed by atoms with van der Waals surface area (Å²) in [6.45, 7) is 17.8. The molecule has 0 amide bonds. The summed E-state index contributed by atoms with van der Waals surface area (Å²) in [6, 6.07) is 8.78. The summed E-state index contributed by atoms with van der Waals surface area (Å²) in [6.07, 6.45) is 3.85. The number of H-pyrrole nitrogens is 2. The van der Waals surface area contributed by atoms with Gasteiger partial charge in [0, 0.05) is 11.0 Å². The molecule has 0 unspecified atom stereocenters. The van der Waals surface area contributed by atoms with Crippen molar-refractivity contribution in [3.8, 4) is 0 Å². The summed E-state index contributed by atoms with van der Waals surface area (Å²) >= 11 is 0. The number of fused-ring (bicyclic) bond motifs is 10. The van der Waals surface area contributed by atoms with Crippen LogP contribution in [0.3, 0.4) is 0 Å². The van der Waals surface area contributed by atoms with Gasteiger partial charge >= 0.3 is 0 Å². The van der Waals surface area contributed by atoms with E-state index in [0.717, 1.165) is 70.5 Å². The molecule has 0 spiro atoms. The first-order chi connectivity index (χ1) is 17.3. The van der Waals surface area contributed by atoms with E-state index in [2.05, 4.69) is 89.6 Å². The second-order valence-electron chi connectivity index (χ2n) is 10.0. The SMILES string of the molecule is CCC1=C(C)c2ccc3[nH]c(c4nc(ccc5[nH]c(c1n2)c(CC)c5C)C(C)=C4CC)c(CC)c3C. The Morgan fingerprint density at radius 3 is 1.28 bits per heavy atom. The van der Waals surface area contributed by atoms with Crippen LogP contribution in [0.4, 0.5) is 0 Å². The van der Waals surface area contributed by atoms with Gasteiger partial charge in [-0.15, -0.1) is 0 Å². The van der Waals surface area contributed by atoms with Gasteiger partial charge < -0.3 is 9.97 Å². The van der Waals surface area contributed by atoms with Crippen LogP contribution in [-0.2, 0) is 12.8 Å². The van der Waals surface area contributed by atoms with Crippen molar-refractivity contribution in [2.75, 3.05) is 0 Å². The van der Waals surface area contributed by atoms with Crippen LogP contribution >= 0.6 is 0 Å². The molecule has 4 nitrogen and oxygen atoms in total. The minimum absolute atomic E-state index is 0.957. The van der Waals surface area contributed by atoms with E-state index in [0.29, 0.717) is 0 Å². The quantitative estimate of drug-likeness (QED) is 0.394. The maximum atomic E-state index is 5.19. The molecule has 0 fully saturated rings. The Labute approximate surface area is 214 Å². The molecule has 3 aromatic heterocycles. The Hall–Kier alpha value is -3.40. The van der Waals surface area contributed by atoms with Crippen LogP contribution in [0.1, 0.15) is 99.4 Å². The molecule has 2 N–H and O–H groups in total. The normalized spacial score (nSPS) is 13.8. The number of aromatic nitrogens is 4. The van der Waals surface area contributed by atoms with Crippen molar-refractivity contribution in [3.05, 3.63) is 69.3 Å². The Bertz CT molecular complexity index is 1480. The zero-order chi connectivity index (χ0) is 25.7. The highest BCUT2D eigenvalue weighted by Gasteiger charge is 2.22. The van der Waals surface area contributed by atoms with E-state index in [1.165, 1.54) is 44.5 Å². The first-order valence-corrected chi connectivity index (χ1v) is 13.5. The van der Waals surface area contributed by atoms with Crippen LogP contribution in [-0.4, -0.2) is 19.9 Å². The number of aryl methyl sites for hydroxylation is 4. The van der Waals surface area contributed by atoms with E-state index in [-0.39, 0.29) is 0 Å². The summed E-state index contributed by atoms with van der Waals surface area (Å²) in [7, 11) is 0. The van der Waals surface area contributed by atoms with E-state index < -0.39 is 0 Å². The van der Waals surface area contributed by atoms with E-state index in [9.17, 15) is 0 Å². The molecule has 0 aliphatic carbocycles. The predicted molar refractivity (Wildman–Crippen MR) is 155 cm³/mol. The molecular formula is C32H38N4. The number of aromatic amines is 2. The average Bonchev–Trinajstić information content (AvgIpc) is 3.56. The van der Waals surface area contributed by atoms with E-state index in [4.69, 9.17) is 9.97 Å². The lowest BCUT2D eigenvalue weighted by molar-refractivity contribution is 1.13. The third-order valence-corrected chi connectivity index (χ3v) is 8.25. The number of nitrogens with one attached hydrogen (secondary N) is 2. The van der Waals surface area contributed by atoms with Crippen molar-refractivity contribution < 1.29 is 0 Å². The van der Waals surface area contributed by atoms with Gasteiger partial charge in [-0.25, -0.2) is 9.97 Å². The number of nitrogens with zero attached hydrogens (tertiary/aromatic N) is 2. The Balaban J connectivity index is 2.00. The molecule has 2 aliphatic heterocycles. The van der Waals surface area contributed by atoms with Crippen LogP contribution in [0.15, 0.2) is 24.3 Å². The van der Waals surface area contributed by atoms with Crippen LogP contribution in [0.25, 0.3) is 44.4 Å². The summed E-state index contributed by atoms with van der Waals surface area (Å²) in [4.78, 5) is 17.9. The van der Waals surface area contributed by atoms with Crippen LogP contribution in [0.5, 0.6) is 0 Å². The van der Waals surface area contributed by atoms with Crippen LogP contribution < -0.4 is 0 Å². The van der Waals surface area contributed by atoms with Crippen molar-refractivity contribution in [1.29, 1.82) is 0 Å². The fraction of sp³-hybridized carbons (Fsp3) is 0.375. The van der Waals surface area contributed by atoms with Gasteiger partial charge in [0.2, 0.25) is 0 Å². The molecule has 0 atom stereocenters. The lowest BCUT2D eigenvalue weighted by Gasteiger charge is -2.02. The molecule has 0 saturated heterocycles. The molecule has 4 heteroatoms. The van der Waals surface area contributed by atoms with Gasteiger partial charge in [0.1, 0.15) is 0 Å². The average molecular weight is 479 g/mol. The smallest absolute Gasteiger partial charge is 0.0910 e. The van der Waals surface area contributed by atoms with Gasteiger partial charge in [-0.1, -0.05) is 27.7 Å². The first kappa shape index (κ1) is 24.3. The maximum absolute atomic E-state index is 5.19. The molecule has 5 heterocycles. The van der Waals surface area contributed by atoms with Crippen LogP contribution in [0.2, 0.25) is 0 Å². The molecule has 3 aromatic rings. The third kappa shape index (κ3) is 3.57. The van der Waals surface area contributed by atoms with Crippen molar-refractivity contribution >= 4 is 44.4 Å². The second kappa shape index (κ2) is 9.24. The summed E-state index contributed by atoms with van der Waals surface area (Å²) in [5.41, 5.74) is 19.4. The zero-order valence-electron chi connectivity index (χ0n) is 23.0. The largest absolute Gasteiger partial charge is 0.353 e. The van der Waals surface area contributed by atoms with Crippen molar-refractivity contribution in [2.45, 2.75) is 81.1 Å². The van der Waals surface area contributed by atoms with Crippen molar-refractivity contribution in [1.82, 2.24) is 19.9 Å². The lowest BCUT2D eigenvalue weighted by atomic mass is 10.0. The number of rotatable bonds is 4. The number of hydrogen-bond donors (Lipinski definition) is 2. The molecular weight excluding hydrogens is 440 g/mol. The molecule has 0 saturated carbocycles. The van der Waals surface area contributed by atoms with Gasteiger partial charge in [0.25, 0.3) is 0 Å². The van der Waals surface area contributed by atoms with Gasteiger partial charge in [0.05, 0.1) is 33.8 Å². The van der Waals surface area contributed by atoms with E-state index in [1.807, 2.05) is 0 Å². The Morgan fingerprint density at radius 1 is 0.556 bits per heavy atom. The topological polar surface area (TPSA) is 57.4 Å². The predicted octanol–water partition coefficient (Wildman–Crippen LogP) is 8.74. The summed E-state index contributed by atoms with van der Waals surface area (Å²) in [5, 5.41) is 0. The third-order valence-electron chi connectivity index (χ3n) is 8.25. The fourth-order valence-corrected chi connectivity index (χ4v) is 6.07. The Kier molecular flexibility index (Phi) is 6.23. The highest BCUT2D eigenvalue weighted by atomic mass is 14.8. The van der Waals surface area contributed by atoms with Gasteiger partial charge in [-0.05, 0) is 122 Å². The standard InChI is InChI=1S/C32H38N4/c1-9-21-17(5)25-13-14-27-19(7)23(11-3)31(35-27)32-24(12-4)20(8)28(36-32)16-15-26-18(6)22(10-2)30(34-26)29(21)33-25/h13-16,33,36H,9-12H2,1-8H3. The minimum Gasteiger partial charge on any atom is -0.353 e. The fourth-order valence-electron chi connectivity index (χ4n) is 6.07. The molecule has 8 bridgehead atoms. The summed E-state index contributed by atoms with van der Waals surface area (Å²) < 4.78 is 0. The number of hydrogen-bond acceptors (Lipinski definition) is 2. The lowest BCUT2D eigenvalue weighted by Crippen LogP contribution is -1.87. The molecule has 2 aliphatic rings. The molecule has 186 valence electrons. The highest BCUT2D eigenvalue weighted by Crippen LogP contribution is 2.38. The van der Waals surface area contributed by atoms with Gasteiger partial charge in [0.15, 0.2) is 0 Å². The molecule has 36 heavy (non-hydrogen) atoms. The molecule has 0 aromatic carbocycles. The van der Waals surface area contributed by atoms with E-state index in [1.54, 1.807) is 0 Å². The number of allylic oxidation sites excluding steroid dienone is 4. The van der Waals surface area contributed by atoms with Gasteiger partial charge in [-0.3, -0.25) is 0 Å². The van der Waals surface area contributed by atoms with Crippen molar-refractivity contribution in [3.63, 3.8) is 0 Å². The first-order valence-electron chi connectivity index (χ1n) is 13.5. The second-order valence-corrected chi connectivity index (χ2v) is 10.0. The van der Waals surface area contributed by atoms with E-state index >= 15 is 0 Å². The highest BCUT2D eigenvalue weighted by molar-refractivity contribution is 5.98.